The topological polar surface area (TPSA) is 72.5 Å². The van der Waals surface area contributed by atoms with Crippen molar-refractivity contribution in [2.24, 2.45) is 0 Å². The Morgan fingerprint density at radius 3 is 2.50 bits per heavy atom. The minimum Gasteiger partial charge on any atom is -0.346 e. The van der Waals surface area contributed by atoms with E-state index < -0.39 is 5.82 Å². The van der Waals surface area contributed by atoms with Crippen LogP contribution in [0.2, 0.25) is 0 Å². The zero-order valence-corrected chi connectivity index (χ0v) is 12.3. The van der Waals surface area contributed by atoms with Crippen molar-refractivity contribution in [2.45, 2.75) is 5.75 Å². The van der Waals surface area contributed by atoms with Gasteiger partial charge in [-0.1, -0.05) is 30.0 Å². The van der Waals surface area contributed by atoms with Gasteiger partial charge in [0.05, 0.1) is 11.4 Å². The van der Waals surface area contributed by atoms with Crippen LogP contribution in [0, 0.1) is 28.5 Å². The second kappa shape index (κ2) is 7.82. The number of pyridine rings is 1. The summed E-state index contributed by atoms with van der Waals surface area (Å²) < 4.78 is 13.7. The van der Waals surface area contributed by atoms with Crippen molar-refractivity contribution in [3.8, 4) is 12.1 Å². The Kier molecular flexibility index (Phi) is 5.53. The van der Waals surface area contributed by atoms with Crippen LogP contribution in [0.3, 0.4) is 0 Å². The van der Waals surface area contributed by atoms with E-state index >= 15 is 0 Å². The zero-order chi connectivity index (χ0) is 15.8. The lowest BCUT2D eigenvalue weighted by Gasteiger charge is -2.11. The van der Waals surface area contributed by atoms with Crippen LogP contribution in [-0.4, -0.2) is 4.98 Å². The maximum atomic E-state index is 13.7. The number of allylic oxidation sites excluding steroid dienone is 1. The highest BCUT2D eigenvalue weighted by Crippen LogP contribution is 2.26. The van der Waals surface area contributed by atoms with Gasteiger partial charge in [0.15, 0.2) is 5.57 Å². The molecule has 0 bridgehead atoms. The first-order valence-corrected chi connectivity index (χ1v) is 7.32. The van der Waals surface area contributed by atoms with E-state index in [1.807, 2.05) is 24.3 Å². The van der Waals surface area contributed by atoms with E-state index in [1.54, 1.807) is 30.5 Å². The van der Waals surface area contributed by atoms with Crippen molar-refractivity contribution in [2.75, 3.05) is 5.32 Å². The van der Waals surface area contributed by atoms with Crippen LogP contribution < -0.4 is 5.32 Å². The highest BCUT2D eigenvalue weighted by Gasteiger charge is 2.11. The van der Waals surface area contributed by atoms with Gasteiger partial charge in [0.2, 0.25) is 0 Å². The lowest BCUT2D eigenvalue weighted by atomic mass is 10.3. The molecule has 1 aromatic carbocycles. The van der Waals surface area contributed by atoms with Crippen LogP contribution in [0.5, 0.6) is 0 Å². The number of nitrogens with one attached hydrogen (secondary N) is 1. The van der Waals surface area contributed by atoms with E-state index in [9.17, 15) is 4.39 Å². The molecular weight excluding hydrogens is 299 g/mol. The number of aromatic nitrogens is 1. The van der Waals surface area contributed by atoms with Gasteiger partial charge in [0.1, 0.15) is 23.0 Å². The molecule has 0 aliphatic rings. The van der Waals surface area contributed by atoms with Gasteiger partial charge in [-0.25, -0.2) is 4.39 Å². The van der Waals surface area contributed by atoms with Crippen molar-refractivity contribution in [3.63, 3.8) is 0 Å². The maximum Gasteiger partial charge on any atom is 0.159 e. The lowest BCUT2D eigenvalue weighted by molar-refractivity contribution is 0.631. The predicted octanol–water partition coefficient (Wildman–Crippen LogP) is 3.82. The van der Waals surface area contributed by atoms with Crippen LogP contribution in [0.1, 0.15) is 5.69 Å². The van der Waals surface area contributed by atoms with Gasteiger partial charge in [0.25, 0.3) is 0 Å². The first kappa shape index (κ1) is 15.6. The van der Waals surface area contributed by atoms with E-state index in [2.05, 4.69) is 10.3 Å². The number of thioether (sulfide) groups is 1. The van der Waals surface area contributed by atoms with Gasteiger partial charge in [0, 0.05) is 11.9 Å². The Morgan fingerprint density at radius 1 is 1.14 bits per heavy atom. The third-order valence-electron chi connectivity index (χ3n) is 2.66. The van der Waals surface area contributed by atoms with Crippen molar-refractivity contribution in [1.82, 2.24) is 4.98 Å². The molecule has 4 nitrogen and oxygen atoms in total. The summed E-state index contributed by atoms with van der Waals surface area (Å²) >= 11 is 1.23. The summed E-state index contributed by atoms with van der Waals surface area (Å²) in [5.41, 5.74) is 0.925. The summed E-state index contributed by atoms with van der Waals surface area (Å²) in [6.45, 7) is 0. The van der Waals surface area contributed by atoms with Gasteiger partial charge < -0.3 is 5.32 Å². The molecule has 0 unspecified atom stereocenters. The van der Waals surface area contributed by atoms with Gasteiger partial charge >= 0.3 is 0 Å². The number of benzene rings is 1. The Labute approximate surface area is 131 Å². The second-order valence-electron chi connectivity index (χ2n) is 4.14. The molecule has 0 saturated carbocycles. The third kappa shape index (κ3) is 4.08. The molecule has 0 radical (unpaired) electrons. The van der Waals surface area contributed by atoms with E-state index in [0.717, 1.165) is 5.69 Å². The average Bonchev–Trinajstić information content (AvgIpc) is 2.56. The number of anilines is 1. The monoisotopic (exact) mass is 310 g/mol. The minimum absolute atomic E-state index is 0.0933. The maximum absolute atomic E-state index is 13.7. The summed E-state index contributed by atoms with van der Waals surface area (Å²) in [6, 6.07) is 15.2. The van der Waals surface area contributed by atoms with Crippen LogP contribution >= 0.6 is 11.8 Å². The Morgan fingerprint density at radius 2 is 1.86 bits per heavy atom. The molecule has 6 heteroatoms. The van der Waals surface area contributed by atoms with Crippen molar-refractivity contribution >= 4 is 17.4 Å². The molecule has 0 aliphatic heterocycles. The standard InChI is InChI=1S/C16H11FN4S/c17-14-6-1-2-7-15(14)21-16(12(9-18)10-19)22-11-13-5-3-4-8-20-13/h1-8,21H,11H2. The number of nitriles is 2. The fraction of sp³-hybridized carbons (Fsp3) is 0.0625. The van der Waals surface area contributed by atoms with Gasteiger partial charge in [-0.3, -0.25) is 4.98 Å². The Bertz CT molecular complexity index is 744. The number of nitrogens with zero attached hydrogens (tertiary/aromatic N) is 3. The summed E-state index contributed by atoms with van der Waals surface area (Å²) in [5, 5.41) is 21.2. The first-order valence-electron chi connectivity index (χ1n) is 6.33. The van der Waals surface area contributed by atoms with E-state index in [0.29, 0.717) is 10.8 Å². The van der Waals surface area contributed by atoms with E-state index in [4.69, 9.17) is 10.5 Å². The smallest absolute Gasteiger partial charge is 0.159 e. The molecule has 2 aromatic rings. The second-order valence-corrected chi connectivity index (χ2v) is 5.13. The van der Waals surface area contributed by atoms with Gasteiger partial charge in [-0.05, 0) is 24.3 Å². The van der Waals surface area contributed by atoms with Gasteiger partial charge in [-0.2, -0.15) is 10.5 Å². The summed E-state index contributed by atoms with van der Waals surface area (Å²) in [4.78, 5) is 4.18. The predicted molar refractivity (Wildman–Crippen MR) is 83.8 cm³/mol. The van der Waals surface area contributed by atoms with Crippen molar-refractivity contribution < 1.29 is 4.39 Å². The number of halogens is 1. The number of rotatable bonds is 5. The van der Waals surface area contributed by atoms with Crippen LogP contribution in [-0.2, 0) is 5.75 Å². The molecule has 0 aliphatic carbocycles. The number of hydrogen-bond donors (Lipinski definition) is 1. The molecule has 0 saturated heterocycles. The Hall–Kier alpha value is -2.83. The third-order valence-corrected chi connectivity index (χ3v) is 3.70. The Balaban J connectivity index is 2.22. The van der Waals surface area contributed by atoms with Crippen LogP contribution in [0.4, 0.5) is 10.1 Å². The molecular formula is C16H11FN4S. The molecule has 22 heavy (non-hydrogen) atoms. The normalized spacial score (nSPS) is 9.41. The summed E-state index contributed by atoms with van der Waals surface area (Å²) in [5.74, 6) is 0.0125. The molecule has 2 rings (SSSR count). The quantitative estimate of drug-likeness (QED) is 0.850. The fourth-order valence-electron chi connectivity index (χ4n) is 1.61. The van der Waals surface area contributed by atoms with Crippen LogP contribution in [0.15, 0.2) is 59.3 Å². The average molecular weight is 310 g/mol. The molecule has 0 spiro atoms. The SMILES string of the molecule is N#CC(C#N)=C(Nc1ccccc1F)SCc1ccccn1. The molecule has 1 heterocycles. The summed E-state index contributed by atoms with van der Waals surface area (Å²) in [7, 11) is 0. The summed E-state index contributed by atoms with van der Waals surface area (Å²) in [6.07, 6.45) is 1.67. The molecule has 1 N–H and O–H groups in total. The lowest BCUT2D eigenvalue weighted by Crippen LogP contribution is -2.02. The molecule has 0 fully saturated rings. The van der Waals surface area contributed by atoms with Crippen LogP contribution in [0.25, 0.3) is 0 Å². The number of para-hydroxylation sites is 1. The van der Waals surface area contributed by atoms with E-state index in [1.165, 1.54) is 17.8 Å². The number of hydrogen-bond acceptors (Lipinski definition) is 5. The molecule has 108 valence electrons. The minimum atomic E-state index is -0.450. The molecule has 0 amide bonds. The molecule has 0 atom stereocenters. The van der Waals surface area contributed by atoms with Crippen molar-refractivity contribution in [3.05, 3.63) is 70.8 Å². The first-order chi connectivity index (χ1) is 10.7. The van der Waals surface area contributed by atoms with E-state index in [-0.39, 0.29) is 11.3 Å². The largest absolute Gasteiger partial charge is 0.346 e. The fourth-order valence-corrected chi connectivity index (χ4v) is 2.49. The van der Waals surface area contributed by atoms with Crippen molar-refractivity contribution in [1.29, 1.82) is 10.5 Å². The highest BCUT2D eigenvalue weighted by molar-refractivity contribution is 8.02. The zero-order valence-electron chi connectivity index (χ0n) is 11.5. The molecule has 1 aromatic heterocycles. The highest BCUT2D eigenvalue weighted by atomic mass is 32.2. The van der Waals surface area contributed by atoms with Gasteiger partial charge in [-0.15, -0.1) is 0 Å².